The molecule has 1 aromatic rings. The van der Waals surface area contributed by atoms with Crippen molar-refractivity contribution in [3.8, 4) is 0 Å². The number of hydrogen-bond donors (Lipinski definition) is 3. The Labute approximate surface area is 164 Å². The molecule has 0 spiro atoms. The van der Waals surface area contributed by atoms with Crippen molar-refractivity contribution in [2.45, 2.75) is 45.4 Å². The van der Waals surface area contributed by atoms with E-state index in [1.165, 1.54) is 7.11 Å². The van der Waals surface area contributed by atoms with E-state index in [2.05, 4.69) is 15.4 Å². The molecular formula is C20H28N2O6. The number of rotatable bonds is 10. The Balaban J connectivity index is 2.36. The second kappa shape index (κ2) is 12.5. The Morgan fingerprint density at radius 2 is 1.86 bits per heavy atom. The molecule has 3 N–H and O–H groups in total. The summed E-state index contributed by atoms with van der Waals surface area (Å²) in [5.41, 5.74) is 1.84. The lowest BCUT2D eigenvalue weighted by Crippen LogP contribution is -2.43. The predicted molar refractivity (Wildman–Crippen MR) is 103 cm³/mol. The zero-order valence-electron chi connectivity index (χ0n) is 16.4. The number of alkyl carbamates (subject to hydrolysis) is 1. The minimum Gasteiger partial charge on any atom is -0.467 e. The lowest BCUT2D eigenvalue weighted by molar-refractivity contribution is -0.145. The lowest BCUT2D eigenvalue weighted by atomic mass is 10.1. The molecule has 1 rings (SSSR count). The van der Waals surface area contributed by atoms with Crippen molar-refractivity contribution in [3.63, 3.8) is 0 Å². The third kappa shape index (κ3) is 9.72. The molecule has 8 nitrogen and oxygen atoms in total. The lowest BCUT2D eigenvalue weighted by Gasteiger charge is -2.17. The van der Waals surface area contributed by atoms with Crippen LogP contribution in [0.5, 0.6) is 0 Å². The molecule has 2 atom stereocenters. The highest BCUT2D eigenvalue weighted by Gasteiger charge is 2.22. The van der Waals surface area contributed by atoms with Gasteiger partial charge in [-0.05, 0) is 25.8 Å². The summed E-state index contributed by atoms with van der Waals surface area (Å²) in [6, 6.07) is 8.33. The van der Waals surface area contributed by atoms with Gasteiger partial charge in [0.2, 0.25) is 5.91 Å². The minimum atomic E-state index is -1.12. The number of methoxy groups -OCH3 is 1. The van der Waals surface area contributed by atoms with Gasteiger partial charge >= 0.3 is 12.1 Å². The maximum Gasteiger partial charge on any atom is 0.407 e. The maximum atomic E-state index is 12.0. The molecule has 0 unspecified atom stereocenters. The Hall–Kier alpha value is -2.87. The van der Waals surface area contributed by atoms with Crippen molar-refractivity contribution < 1.29 is 29.0 Å². The van der Waals surface area contributed by atoms with Crippen molar-refractivity contribution >= 4 is 18.0 Å². The fourth-order valence-electron chi connectivity index (χ4n) is 2.22. The first-order valence-corrected chi connectivity index (χ1v) is 8.95. The molecule has 0 aromatic heterocycles. The molecule has 0 radical (unpaired) electrons. The number of carbonyl (C=O) groups excluding carboxylic acids is 3. The SMILES string of the molecule is COC(=O)[C@@H](CC=C(C)C)NC(=O)C[C@@H](O)CNC(=O)OCc1ccccc1. The highest BCUT2D eigenvalue weighted by atomic mass is 16.5. The predicted octanol–water partition coefficient (Wildman–Crippen LogP) is 1.68. The highest BCUT2D eigenvalue weighted by molar-refractivity contribution is 5.84. The topological polar surface area (TPSA) is 114 Å². The first kappa shape index (κ1) is 23.2. The van der Waals surface area contributed by atoms with Crippen LogP contribution in [0.3, 0.4) is 0 Å². The van der Waals surface area contributed by atoms with E-state index in [1.54, 1.807) is 0 Å². The summed E-state index contributed by atoms with van der Waals surface area (Å²) in [5, 5.41) is 14.8. The molecule has 0 aliphatic carbocycles. The normalized spacial score (nSPS) is 12.3. The van der Waals surface area contributed by atoms with Crippen LogP contribution in [0.1, 0.15) is 32.3 Å². The van der Waals surface area contributed by atoms with Crippen LogP contribution in [0.25, 0.3) is 0 Å². The molecular weight excluding hydrogens is 364 g/mol. The number of benzene rings is 1. The van der Waals surface area contributed by atoms with Crippen molar-refractivity contribution in [2.24, 2.45) is 0 Å². The van der Waals surface area contributed by atoms with E-state index in [4.69, 9.17) is 4.74 Å². The maximum absolute atomic E-state index is 12.0. The van der Waals surface area contributed by atoms with E-state index in [-0.39, 0.29) is 19.6 Å². The van der Waals surface area contributed by atoms with Gasteiger partial charge in [-0.15, -0.1) is 0 Å². The number of aliphatic hydroxyl groups is 1. The second-order valence-electron chi connectivity index (χ2n) is 6.46. The van der Waals surface area contributed by atoms with Crippen molar-refractivity contribution in [1.82, 2.24) is 10.6 Å². The van der Waals surface area contributed by atoms with E-state index in [0.29, 0.717) is 6.42 Å². The van der Waals surface area contributed by atoms with Gasteiger partial charge in [-0.3, -0.25) is 4.79 Å². The number of hydrogen-bond acceptors (Lipinski definition) is 6. The Morgan fingerprint density at radius 1 is 1.18 bits per heavy atom. The number of aliphatic hydroxyl groups excluding tert-OH is 1. The Morgan fingerprint density at radius 3 is 2.46 bits per heavy atom. The number of ether oxygens (including phenoxy) is 2. The highest BCUT2D eigenvalue weighted by Crippen LogP contribution is 2.03. The van der Waals surface area contributed by atoms with Crippen LogP contribution in [-0.2, 0) is 25.7 Å². The fourth-order valence-corrected chi connectivity index (χ4v) is 2.22. The summed E-state index contributed by atoms with van der Waals surface area (Å²) in [4.78, 5) is 35.4. The van der Waals surface area contributed by atoms with Crippen molar-refractivity contribution in [2.75, 3.05) is 13.7 Å². The van der Waals surface area contributed by atoms with Crippen LogP contribution in [0, 0.1) is 0 Å². The number of esters is 1. The van der Waals surface area contributed by atoms with Crippen LogP contribution in [-0.4, -0.2) is 48.9 Å². The van der Waals surface area contributed by atoms with E-state index in [0.717, 1.165) is 11.1 Å². The van der Waals surface area contributed by atoms with Crippen LogP contribution >= 0.6 is 0 Å². The monoisotopic (exact) mass is 392 g/mol. The molecule has 0 heterocycles. The van der Waals surface area contributed by atoms with Gasteiger partial charge in [-0.1, -0.05) is 42.0 Å². The standard InChI is InChI=1S/C20H28N2O6/c1-14(2)9-10-17(19(25)27-3)22-18(24)11-16(23)12-21-20(26)28-13-15-7-5-4-6-8-15/h4-9,16-17,23H,10-13H2,1-3H3,(H,21,26)(H,22,24)/t16-,17-/m1/s1. The van der Waals surface area contributed by atoms with Crippen LogP contribution in [0.4, 0.5) is 4.79 Å². The summed E-state index contributed by atoms with van der Waals surface area (Å²) in [7, 11) is 1.24. The molecule has 28 heavy (non-hydrogen) atoms. The quantitative estimate of drug-likeness (QED) is 0.412. The zero-order chi connectivity index (χ0) is 20.9. The molecule has 154 valence electrons. The Kier molecular flexibility index (Phi) is 10.3. The summed E-state index contributed by atoms with van der Waals surface area (Å²) in [6.45, 7) is 3.71. The van der Waals surface area contributed by atoms with Gasteiger partial charge in [0.05, 0.1) is 19.6 Å². The molecule has 0 bridgehead atoms. The molecule has 0 aliphatic heterocycles. The number of carbonyl (C=O) groups is 3. The number of nitrogens with one attached hydrogen (secondary N) is 2. The first-order chi connectivity index (χ1) is 13.3. The zero-order valence-corrected chi connectivity index (χ0v) is 16.4. The fraction of sp³-hybridized carbons (Fsp3) is 0.450. The number of amides is 2. The van der Waals surface area contributed by atoms with Crippen molar-refractivity contribution in [3.05, 3.63) is 47.5 Å². The Bertz CT molecular complexity index is 671. The summed E-state index contributed by atoms with van der Waals surface area (Å²) >= 11 is 0. The van der Waals surface area contributed by atoms with Gasteiger partial charge < -0.3 is 25.2 Å². The van der Waals surface area contributed by atoms with E-state index >= 15 is 0 Å². The van der Waals surface area contributed by atoms with Gasteiger partial charge in [0.1, 0.15) is 12.6 Å². The van der Waals surface area contributed by atoms with Crippen LogP contribution in [0.15, 0.2) is 42.0 Å². The number of allylic oxidation sites excluding steroid dienone is 1. The largest absolute Gasteiger partial charge is 0.467 e. The van der Waals surface area contributed by atoms with Crippen LogP contribution < -0.4 is 10.6 Å². The average molecular weight is 392 g/mol. The summed E-state index contributed by atoms with van der Waals surface area (Å²) in [5.74, 6) is -1.09. The van der Waals surface area contributed by atoms with E-state index in [1.807, 2.05) is 50.3 Å². The first-order valence-electron chi connectivity index (χ1n) is 8.95. The molecule has 0 saturated heterocycles. The van der Waals surface area contributed by atoms with Gasteiger partial charge in [0, 0.05) is 6.54 Å². The van der Waals surface area contributed by atoms with Gasteiger partial charge in [0.25, 0.3) is 0 Å². The van der Waals surface area contributed by atoms with Crippen molar-refractivity contribution in [1.29, 1.82) is 0 Å². The van der Waals surface area contributed by atoms with Gasteiger partial charge in [0.15, 0.2) is 0 Å². The molecule has 8 heteroatoms. The molecule has 0 saturated carbocycles. The third-order valence-electron chi connectivity index (χ3n) is 3.70. The smallest absolute Gasteiger partial charge is 0.407 e. The third-order valence-corrected chi connectivity index (χ3v) is 3.70. The van der Waals surface area contributed by atoms with Gasteiger partial charge in [-0.2, -0.15) is 0 Å². The van der Waals surface area contributed by atoms with E-state index < -0.39 is 30.1 Å². The minimum absolute atomic E-state index is 0.106. The second-order valence-corrected chi connectivity index (χ2v) is 6.46. The average Bonchev–Trinajstić information content (AvgIpc) is 2.67. The van der Waals surface area contributed by atoms with Crippen LogP contribution in [0.2, 0.25) is 0 Å². The summed E-state index contributed by atoms with van der Waals surface area (Å²) < 4.78 is 9.69. The molecule has 0 aliphatic rings. The van der Waals surface area contributed by atoms with E-state index in [9.17, 15) is 19.5 Å². The summed E-state index contributed by atoms with van der Waals surface area (Å²) in [6.07, 6.45) is 0.00968. The molecule has 0 fully saturated rings. The van der Waals surface area contributed by atoms with Gasteiger partial charge in [-0.25, -0.2) is 9.59 Å². The molecule has 1 aromatic carbocycles. The molecule has 2 amide bonds.